The Morgan fingerprint density at radius 1 is 1.22 bits per heavy atom. The SMILES string of the molecule is CCN1C[C@@H](c2ccccc2)CC2(CCN(C(=O)Cn3ccnc3)CC2)C1. The molecule has 1 amide bonds. The summed E-state index contributed by atoms with van der Waals surface area (Å²) < 4.78 is 1.86. The van der Waals surface area contributed by atoms with Crippen LogP contribution in [-0.4, -0.2) is 58.0 Å². The zero-order valence-electron chi connectivity index (χ0n) is 16.3. The molecule has 0 saturated carbocycles. The minimum Gasteiger partial charge on any atom is -0.341 e. The van der Waals surface area contributed by atoms with Gasteiger partial charge in [-0.1, -0.05) is 37.3 Å². The molecule has 2 saturated heterocycles. The number of nitrogens with zero attached hydrogens (tertiary/aromatic N) is 4. The van der Waals surface area contributed by atoms with Gasteiger partial charge < -0.3 is 14.4 Å². The van der Waals surface area contributed by atoms with Gasteiger partial charge in [0.25, 0.3) is 0 Å². The van der Waals surface area contributed by atoms with Gasteiger partial charge in [-0.2, -0.15) is 0 Å². The van der Waals surface area contributed by atoms with Gasteiger partial charge in [0.2, 0.25) is 5.91 Å². The molecule has 1 atom stereocenters. The first-order chi connectivity index (χ1) is 13.2. The fourth-order valence-electron chi connectivity index (χ4n) is 4.92. The van der Waals surface area contributed by atoms with E-state index in [9.17, 15) is 4.79 Å². The standard InChI is InChI=1S/C22H30N4O/c1-2-24-15-20(19-6-4-3-5-7-19)14-22(17-24)8-11-26(12-9-22)21(27)16-25-13-10-23-18-25/h3-7,10,13,18,20H,2,8-9,11-12,14-17H2,1H3/t20-/m0/s1. The first kappa shape index (κ1) is 18.2. The fraction of sp³-hybridized carbons (Fsp3) is 0.545. The van der Waals surface area contributed by atoms with E-state index >= 15 is 0 Å². The molecular formula is C22H30N4O. The van der Waals surface area contributed by atoms with Crippen LogP contribution < -0.4 is 0 Å². The van der Waals surface area contributed by atoms with Crippen LogP contribution in [0.2, 0.25) is 0 Å². The Labute approximate surface area is 162 Å². The summed E-state index contributed by atoms with van der Waals surface area (Å²) in [7, 11) is 0. The Morgan fingerprint density at radius 2 is 2.00 bits per heavy atom. The summed E-state index contributed by atoms with van der Waals surface area (Å²) in [6.45, 7) is 7.88. The molecule has 1 aromatic carbocycles. The molecule has 0 bridgehead atoms. The lowest BCUT2D eigenvalue weighted by Crippen LogP contribution is -2.52. The molecule has 5 heteroatoms. The molecule has 0 radical (unpaired) electrons. The third-order valence-corrected chi connectivity index (χ3v) is 6.49. The molecule has 1 aromatic heterocycles. The van der Waals surface area contributed by atoms with Crippen LogP contribution in [-0.2, 0) is 11.3 Å². The fourth-order valence-corrected chi connectivity index (χ4v) is 4.92. The largest absolute Gasteiger partial charge is 0.341 e. The molecule has 2 fully saturated rings. The van der Waals surface area contributed by atoms with Gasteiger partial charge in [-0.3, -0.25) is 4.79 Å². The Hall–Kier alpha value is -2.14. The van der Waals surface area contributed by atoms with Crippen molar-refractivity contribution in [1.82, 2.24) is 19.4 Å². The van der Waals surface area contributed by atoms with Gasteiger partial charge in [-0.05, 0) is 42.7 Å². The van der Waals surface area contributed by atoms with E-state index in [1.165, 1.54) is 18.5 Å². The third kappa shape index (κ3) is 4.08. The number of carbonyl (C=O) groups is 1. The highest BCUT2D eigenvalue weighted by Gasteiger charge is 2.42. The zero-order chi connectivity index (χ0) is 18.7. The molecule has 27 heavy (non-hydrogen) atoms. The summed E-state index contributed by atoms with van der Waals surface area (Å²) in [6, 6.07) is 11.0. The number of benzene rings is 1. The van der Waals surface area contributed by atoms with E-state index in [0.717, 1.165) is 39.0 Å². The average molecular weight is 367 g/mol. The van der Waals surface area contributed by atoms with Crippen molar-refractivity contribution >= 4 is 5.91 Å². The Balaban J connectivity index is 1.41. The molecular weight excluding hydrogens is 336 g/mol. The van der Waals surface area contributed by atoms with Gasteiger partial charge in [0, 0.05) is 38.6 Å². The van der Waals surface area contributed by atoms with Crippen LogP contribution in [0.3, 0.4) is 0 Å². The van der Waals surface area contributed by atoms with Crippen LogP contribution in [0.25, 0.3) is 0 Å². The second-order valence-corrected chi connectivity index (χ2v) is 8.26. The lowest BCUT2D eigenvalue weighted by molar-refractivity contribution is -0.135. The van der Waals surface area contributed by atoms with Crippen molar-refractivity contribution < 1.29 is 4.79 Å². The summed E-state index contributed by atoms with van der Waals surface area (Å²) in [6.07, 6.45) is 8.77. The molecule has 2 aromatic rings. The van der Waals surface area contributed by atoms with Gasteiger partial charge in [0.15, 0.2) is 0 Å². The number of hydrogen-bond acceptors (Lipinski definition) is 3. The second-order valence-electron chi connectivity index (χ2n) is 8.26. The van der Waals surface area contributed by atoms with Crippen molar-refractivity contribution in [2.24, 2.45) is 5.41 Å². The maximum absolute atomic E-state index is 12.6. The van der Waals surface area contributed by atoms with Crippen molar-refractivity contribution in [1.29, 1.82) is 0 Å². The number of aromatic nitrogens is 2. The monoisotopic (exact) mass is 366 g/mol. The van der Waals surface area contributed by atoms with E-state index in [2.05, 4.69) is 47.1 Å². The van der Waals surface area contributed by atoms with Gasteiger partial charge in [-0.25, -0.2) is 4.98 Å². The predicted octanol–water partition coefficient (Wildman–Crippen LogP) is 3.00. The number of likely N-dealkylation sites (tertiary alicyclic amines) is 2. The van der Waals surface area contributed by atoms with Crippen molar-refractivity contribution in [3.63, 3.8) is 0 Å². The number of likely N-dealkylation sites (N-methyl/N-ethyl adjacent to an activating group) is 1. The molecule has 4 rings (SSSR count). The molecule has 1 spiro atoms. The molecule has 144 valence electrons. The first-order valence-corrected chi connectivity index (χ1v) is 10.2. The van der Waals surface area contributed by atoms with E-state index in [0.29, 0.717) is 17.9 Å². The van der Waals surface area contributed by atoms with Crippen LogP contribution in [0.5, 0.6) is 0 Å². The van der Waals surface area contributed by atoms with Crippen LogP contribution in [0.15, 0.2) is 49.1 Å². The zero-order valence-corrected chi connectivity index (χ0v) is 16.3. The Morgan fingerprint density at radius 3 is 2.67 bits per heavy atom. The van der Waals surface area contributed by atoms with Crippen molar-refractivity contribution in [3.05, 3.63) is 54.6 Å². The van der Waals surface area contributed by atoms with Crippen LogP contribution in [0.4, 0.5) is 0 Å². The summed E-state index contributed by atoms with van der Waals surface area (Å²) in [5, 5.41) is 0. The van der Waals surface area contributed by atoms with E-state index < -0.39 is 0 Å². The smallest absolute Gasteiger partial charge is 0.242 e. The van der Waals surface area contributed by atoms with Gasteiger partial charge in [-0.15, -0.1) is 0 Å². The average Bonchev–Trinajstić information content (AvgIpc) is 3.22. The van der Waals surface area contributed by atoms with Gasteiger partial charge >= 0.3 is 0 Å². The third-order valence-electron chi connectivity index (χ3n) is 6.49. The van der Waals surface area contributed by atoms with E-state index in [1.807, 2.05) is 15.7 Å². The number of imidazole rings is 1. The Kier molecular flexibility index (Phi) is 5.30. The lowest BCUT2D eigenvalue weighted by Gasteiger charge is -2.50. The molecule has 0 N–H and O–H groups in total. The highest BCUT2D eigenvalue weighted by Crippen LogP contribution is 2.45. The summed E-state index contributed by atoms with van der Waals surface area (Å²) in [4.78, 5) is 21.3. The quantitative estimate of drug-likeness (QED) is 0.835. The first-order valence-electron chi connectivity index (χ1n) is 10.2. The molecule has 3 heterocycles. The maximum atomic E-state index is 12.6. The summed E-state index contributed by atoms with van der Waals surface area (Å²) in [5.41, 5.74) is 1.81. The van der Waals surface area contributed by atoms with Gasteiger partial charge in [0.1, 0.15) is 6.54 Å². The highest BCUT2D eigenvalue weighted by atomic mass is 16.2. The minimum atomic E-state index is 0.214. The van der Waals surface area contributed by atoms with E-state index in [-0.39, 0.29) is 5.91 Å². The number of rotatable bonds is 4. The van der Waals surface area contributed by atoms with Crippen LogP contribution in [0.1, 0.15) is 37.7 Å². The Bertz CT molecular complexity index is 735. The summed E-state index contributed by atoms with van der Waals surface area (Å²) in [5.74, 6) is 0.818. The molecule has 2 aliphatic rings. The predicted molar refractivity (Wildman–Crippen MR) is 106 cm³/mol. The number of amides is 1. The molecule has 5 nitrogen and oxygen atoms in total. The molecule has 0 aliphatic carbocycles. The highest BCUT2D eigenvalue weighted by molar-refractivity contribution is 5.76. The van der Waals surface area contributed by atoms with E-state index in [1.54, 1.807) is 12.5 Å². The van der Waals surface area contributed by atoms with Crippen molar-refractivity contribution in [2.45, 2.75) is 38.6 Å². The van der Waals surface area contributed by atoms with Gasteiger partial charge in [0.05, 0.1) is 6.33 Å². The van der Waals surface area contributed by atoms with Crippen molar-refractivity contribution in [2.75, 3.05) is 32.7 Å². The summed E-state index contributed by atoms with van der Waals surface area (Å²) >= 11 is 0. The molecule has 0 unspecified atom stereocenters. The second kappa shape index (κ2) is 7.85. The maximum Gasteiger partial charge on any atom is 0.242 e. The van der Waals surface area contributed by atoms with Crippen LogP contribution >= 0.6 is 0 Å². The van der Waals surface area contributed by atoms with Crippen LogP contribution in [0, 0.1) is 5.41 Å². The number of hydrogen-bond donors (Lipinski definition) is 0. The normalized spacial score (nSPS) is 22.9. The molecule has 2 aliphatic heterocycles. The number of carbonyl (C=O) groups excluding carboxylic acids is 1. The topological polar surface area (TPSA) is 41.4 Å². The van der Waals surface area contributed by atoms with Crippen molar-refractivity contribution in [3.8, 4) is 0 Å². The minimum absolute atomic E-state index is 0.214. The van der Waals surface area contributed by atoms with E-state index in [4.69, 9.17) is 0 Å². The number of piperidine rings is 2. The lowest BCUT2D eigenvalue weighted by atomic mass is 9.68.